The molecule has 0 saturated carbocycles. The van der Waals surface area contributed by atoms with E-state index in [0.29, 0.717) is 0 Å². The lowest BCUT2D eigenvalue weighted by molar-refractivity contribution is -0.120. The predicted octanol–water partition coefficient (Wildman–Crippen LogP) is 4.19. The molecule has 2 atom stereocenters. The molecule has 2 aromatic carbocycles. The lowest BCUT2D eigenvalue weighted by Gasteiger charge is -2.18. The van der Waals surface area contributed by atoms with Gasteiger partial charge in [-0.25, -0.2) is 4.39 Å². The Kier molecular flexibility index (Phi) is 6.04. The number of halogens is 1. The Morgan fingerprint density at radius 2 is 1.70 bits per heavy atom. The monoisotopic (exact) mass is 333 g/mol. The molecule has 0 bridgehead atoms. The lowest BCUT2D eigenvalue weighted by atomic mass is 10.1. The van der Waals surface area contributed by atoms with Crippen LogP contribution in [0.2, 0.25) is 0 Å². The molecule has 122 valence electrons. The van der Waals surface area contributed by atoms with Crippen molar-refractivity contribution in [1.82, 2.24) is 5.32 Å². The van der Waals surface area contributed by atoms with Crippen LogP contribution in [0, 0.1) is 5.82 Å². The van der Waals surface area contributed by atoms with Gasteiger partial charge in [0, 0.05) is 4.90 Å². The van der Waals surface area contributed by atoms with Gasteiger partial charge >= 0.3 is 0 Å². The summed E-state index contributed by atoms with van der Waals surface area (Å²) in [5, 5.41) is 2.72. The highest BCUT2D eigenvalue weighted by atomic mass is 32.2. The summed E-state index contributed by atoms with van der Waals surface area (Å²) in [4.78, 5) is 13.3. The van der Waals surface area contributed by atoms with Gasteiger partial charge in [-0.15, -0.1) is 11.8 Å². The molecule has 1 amide bonds. The molecule has 5 heteroatoms. The number of nitrogens with one attached hydrogen (secondary N) is 1. The van der Waals surface area contributed by atoms with E-state index in [2.05, 4.69) is 5.32 Å². The van der Waals surface area contributed by atoms with Crippen LogP contribution in [0.4, 0.5) is 4.39 Å². The number of thioether (sulfide) groups is 1. The molecule has 0 aliphatic rings. The quantitative estimate of drug-likeness (QED) is 0.806. The molecule has 1 N–H and O–H groups in total. The van der Waals surface area contributed by atoms with Crippen LogP contribution in [0.5, 0.6) is 5.75 Å². The van der Waals surface area contributed by atoms with E-state index in [1.165, 1.54) is 23.9 Å². The molecule has 3 nitrogen and oxygen atoms in total. The Hall–Kier alpha value is -2.01. The van der Waals surface area contributed by atoms with Crippen LogP contribution in [0.1, 0.15) is 25.5 Å². The van der Waals surface area contributed by atoms with E-state index in [1.807, 2.05) is 38.1 Å². The smallest absolute Gasteiger partial charge is 0.233 e. The molecule has 0 aliphatic heterocycles. The Bertz CT molecular complexity index is 643. The van der Waals surface area contributed by atoms with Crippen molar-refractivity contribution >= 4 is 17.7 Å². The van der Waals surface area contributed by atoms with Crippen LogP contribution in [-0.4, -0.2) is 18.3 Å². The summed E-state index contributed by atoms with van der Waals surface area (Å²) >= 11 is 1.48. The fourth-order valence-corrected chi connectivity index (χ4v) is 2.95. The molecule has 2 aromatic rings. The Morgan fingerprint density at radius 1 is 1.09 bits per heavy atom. The molecule has 0 aliphatic carbocycles. The number of ether oxygens (including phenoxy) is 1. The summed E-state index contributed by atoms with van der Waals surface area (Å²) in [6, 6.07) is 13.6. The number of methoxy groups -OCH3 is 1. The number of carbonyl (C=O) groups excluding carboxylic acids is 1. The van der Waals surface area contributed by atoms with Gasteiger partial charge < -0.3 is 10.1 Å². The van der Waals surface area contributed by atoms with E-state index in [-0.39, 0.29) is 23.0 Å². The summed E-state index contributed by atoms with van der Waals surface area (Å²) in [7, 11) is 1.62. The fourth-order valence-electron chi connectivity index (χ4n) is 2.08. The molecule has 0 spiro atoms. The standard InChI is InChI=1S/C18H20FNO2S/c1-12(14-4-6-15(19)7-5-14)20-18(21)13(2)23-17-10-8-16(22-3)9-11-17/h4-13H,1-3H3,(H,20,21)/t12-,13+/m1/s1. The van der Waals surface area contributed by atoms with Gasteiger partial charge in [-0.05, 0) is 55.8 Å². The normalized spacial score (nSPS) is 13.2. The average Bonchev–Trinajstić information content (AvgIpc) is 2.56. The average molecular weight is 333 g/mol. The third kappa shape index (κ3) is 4.99. The van der Waals surface area contributed by atoms with E-state index >= 15 is 0 Å². The van der Waals surface area contributed by atoms with E-state index in [0.717, 1.165) is 16.2 Å². The van der Waals surface area contributed by atoms with Crippen molar-refractivity contribution in [3.63, 3.8) is 0 Å². The fraction of sp³-hybridized carbons (Fsp3) is 0.278. The molecule has 0 saturated heterocycles. The van der Waals surface area contributed by atoms with Crippen molar-refractivity contribution < 1.29 is 13.9 Å². The van der Waals surface area contributed by atoms with E-state index in [9.17, 15) is 9.18 Å². The Balaban J connectivity index is 1.92. The third-order valence-corrected chi connectivity index (χ3v) is 4.58. The minimum Gasteiger partial charge on any atom is -0.497 e. The van der Waals surface area contributed by atoms with Crippen LogP contribution >= 0.6 is 11.8 Å². The minimum absolute atomic E-state index is 0.0531. The predicted molar refractivity (Wildman–Crippen MR) is 91.3 cm³/mol. The first kappa shape index (κ1) is 17.3. The molecule has 23 heavy (non-hydrogen) atoms. The highest BCUT2D eigenvalue weighted by molar-refractivity contribution is 8.00. The number of benzene rings is 2. The van der Waals surface area contributed by atoms with Gasteiger partial charge in [0.1, 0.15) is 11.6 Å². The van der Waals surface area contributed by atoms with Gasteiger partial charge in [-0.3, -0.25) is 4.79 Å². The molecular weight excluding hydrogens is 313 g/mol. The van der Waals surface area contributed by atoms with E-state index < -0.39 is 0 Å². The van der Waals surface area contributed by atoms with Crippen LogP contribution in [0.25, 0.3) is 0 Å². The summed E-state index contributed by atoms with van der Waals surface area (Å²) < 4.78 is 18.1. The van der Waals surface area contributed by atoms with Crippen LogP contribution in [0.3, 0.4) is 0 Å². The molecule has 0 heterocycles. The number of carbonyl (C=O) groups is 1. The van der Waals surface area contributed by atoms with Gasteiger partial charge in [0.2, 0.25) is 5.91 Å². The molecule has 0 radical (unpaired) electrons. The maximum Gasteiger partial charge on any atom is 0.233 e. The number of hydrogen-bond donors (Lipinski definition) is 1. The minimum atomic E-state index is -0.282. The molecule has 2 rings (SSSR count). The highest BCUT2D eigenvalue weighted by Gasteiger charge is 2.17. The van der Waals surface area contributed by atoms with Crippen molar-refractivity contribution in [2.24, 2.45) is 0 Å². The van der Waals surface area contributed by atoms with Gasteiger partial charge in [0.25, 0.3) is 0 Å². The van der Waals surface area contributed by atoms with Crippen molar-refractivity contribution in [3.05, 3.63) is 59.9 Å². The maximum atomic E-state index is 12.9. The first-order chi connectivity index (χ1) is 11.0. The molecular formula is C18H20FNO2S. The second-order valence-corrected chi connectivity index (χ2v) is 6.63. The number of rotatable bonds is 6. The SMILES string of the molecule is COc1ccc(S[C@@H](C)C(=O)N[C@H](C)c2ccc(F)cc2)cc1. The summed E-state index contributed by atoms with van der Waals surface area (Å²) in [5.74, 6) is 0.453. The van der Waals surface area contributed by atoms with Crippen LogP contribution in [0.15, 0.2) is 53.4 Å². The Morgan fingerprint density at radius 3 is 2.26 bits per heavy atom. The van der Waals surface area contributed by atoms with Crippen molar-refractivity contribution in [2.45, 2.75) is 30.0 Å². The largest absolute Gasteiger partial charge is 0.497 e. The number of amides is 1. The first-order valence-corrected chi connectivity index (χ1v) is 8.24. The summed E-state index contributed by atoms with van der Waals surface area (Å²) in [6.07, 6.45) is 0. The van der Waals surface area contributed by atoms with Crippen molar-refractivity contribution in [1.29, 1.82) is 0 Å². The molecule has 0 unspecified atom stereocenters. The molecule has 0 fully saturated rings. The van der Waals surface area contributed by atoms with Gasteiger partial charge in [0.15, 0.2) is 0 Å². The molecule has 0 aromatic heterocycles. The van der Waals surface area contributed by atoms with Crippen LogP contribution < -0.4 is 10.1 Å². The van der Waals surface area contributed by atoms with Crippen LogP contribution in [-0.2, 0) is 4.79 Å². The van der Waals surface area contributed by atoms with Gasteiger partial charge in [-0.2, -0.15) is 0 Å². The third-order valence-electron chi connectivity index (χ3n) is 3.47. The number of hydrogen-bond acceptors (Lipinski definition) is 3. The first-order valence-electron chi connectivity index (χ1n) is 7.36. The zero-order valence-electron chi connectivity index (χ0n) is 13.4. The highest BCUT2D eigenvalue weighted by Crippen LogP contribution is 2.26. The topological polar surface area (TPSA) is 38.3 Å². The second kappa shape index (κ2) is 8.02. The summed E-state index contributed by atoms with van der Waals surface area (Å²) in [6.45, 7) is 3.75. The van der Waals surface area contributed by atoms with Crippen molar-refractivity contribution in [3.8, 4) is 5.75 Å². The Labute approximate surface area is 140 Å². The summed E-state index contributed by atoms with van der Waals surface area (Å²) in [5.41, 5.74) is 0.876. The van der Waals surface area contributed by atoms with E-state index in [1.54, 1.807) is 19.2 Å². The second-order valence-electron chi connectivity index (χ2n) is 5.22. The van der Waals surface area contributed by atoms with E-state index in [4.69, 9.17) is 4.74 Å². The van der Waals surface area contributed by atoms with Gasteiger partial charge in [0.05, 0.1) is 18.4 Å². The zero-order valence-corrected chi connectivity index (χ0v) is 14.2. The lowest BCUT2D eigenvalue weighted by Crippen LogP contribution is -2.33. The maximum absolute atomic E-state index is 12.9. The van der Waals surface area contributed by atoms with Gasteiger partial charge in [-0.1, -0.05) is 12.1 Å². The van der Waals surface area contributed by atoms with Crippen molar-refractivity contribution in [2.75, 3.05) is 7.11 Å². The zero-order chi connectivity index (χ0) is 16.8.